The van der Waals surface area contributed by atoms with Crippen molar-refractivity contribution in [1.29, 1.82) is 0 Å². The van der Waals surface area contributed by atoms with Gasteiger partial charge in [-0.15, -0.1) is 11.3 Å². The molecule has 1 aromatic heterocycles. The van der Waals surface area contributed by atoms with Gasteiger partial charge in [-0.25, -0.2) is 4.98 Å². The Morgan fingerprint density at radius 3 is 2.57 bits per heavy atom. The second kappa shape index (κ2) is 7.23. The van der Waals surface area contributed by atoms with Crippen molar-refractivity contribution in [2.45, 2.75) is 26.7 Å². The minimum absolute atomic E-state index is 0.148. The summed E-state index contributed by atoms with van der Waals surface area (Å²) in [6, 6.07) is 3.31. The first-order valence-corrected chi connectivity index (χ1v) is 8.66. The molecule has 23 heavy (non-hydrogen) atoms. The molecule has 0 spiro atoms. The Bertz CT molecular complexity index is 756. The lowest BCUT2D eigenvalue weighted by atomic mass is 10.1. The number of rotatable bonds is 5. The van der Waals surface area contributed by atoms with Crippen LogP contribution < -0.4 is 10.1 Å². The highest BCUT2D eigenvalue weighted by atomic mass is 79.9. The van der Waals surface area contributed by atoms with Crippen LogP contribution >= 0.6 is 27.3 Å². The molecule has 1 aromatic carbocycles. The van der Waals surface area contributed by atoms with Crippen molar-refractivity contribution in [3.05, 3.63) is 38.3 Å². The largest absolute Gasteiger partial charge is 0.495 e. The van der Waals surface area contributed by atoms with Crippen LogP contribution in [0.2, 0.25) is 0 Å². The summed E-state index contributed by atoms with van der Waals surface area (Å²) in [5, 5.41) is 4.99. The smallest absolute Gasteiger partial charge is 0.284 e. The topological polar surface area (TPSA) is 68.3 Å². The van der Waals surface area contributed by atoms with Crippen molar-refractivity contribution in [1.82, 2.24) is 4.98 Å². The summed E-state index contributed by atoms with van der Waals surface area (Å²) in [6.45, 7) is 5.48. The average Bonchev–Trinajstić information content (AvgIpc) is 2.99. The Morgan fingerprint density at radius 1 is 1.35 bits per heavy atom. The predicted octanol–water partition coefficient (Wildman–Crippen LogP) is 4.49. The fraction of sp³-hybridized carbons (Fsp3) is 0.312. The van der Waals surface area contributed by atoms with Crippen LogP contribution in [0.4, 0.5) is 5.69 Å². The quantitative estimate of drug-likeness (QED) is 0.755. The van der Waals surface area contributed by atoms with Crippen LogP contribution in [-0.2, 0) is 0 Å². The van der Waals surface area contributed by atoms with Crippen molar-refractivity contribution in [2.24, 2.45) is 0 Å². The highest BCUT2D eigenvalue weighted by Gasteiger charge is 2.20. The number of thiazole rings is 1. The number of aromatic nitrogens is 1. The van der Waals surface area contributed by atoms with Gasteiger partial charge in [-0.3, -0.25) is 9.59 Å². The SMILES string of the molecule is COc1ccc(C(C)=O)c(NC(=O)c2nc(C(C)C)cs2)c1Br. The number of Topliss-reactive ketones (excluding diaryl/α,β-unsaturated/α-hetero) is 1. The molecule has 122 valence electrons. The number of benzene rings is 1. The first-order valence-electron chi connectivity index (χ1n) is 6.99. The van der Waals surface area contributed by atoms with E-state index in [1.54, 1.807) is 12.1 Å². The van der Waals surface area contributed by atoms with Crippen molar-refractivity contribution >= 4 is 44.6 Å². The summed E-state index contributed by atoms with van der Waals surface area (Å²) in [5.74, 6) is 0.292. The molecule has 0 aliphatic rings. The van der Waals surface area contributed by atoms with Crippen LogP contribution in [0.1, 0.15) is 52.5 Å². The summed E-state index contributed by atoms with van der Waals surface area (Å²) < 4.78 is 5.75. The second-order valence-corrected chi connectivity index (χ2v) is 6.90. The molecule has 0 radical (unpaired) electrons. The lowest BCUT2D eigenvalue weighted by molar-refractivity contribution is 0.101. The predicted molar refractivity (Wildman–Crippen MR) is 94.9 cm³/mol. The Kier molecular flexibility index (Phi) is 5.54. The molecular formula is C16H17BrN2O3S. The van der Waals surface area contributed by atoms with Gasteiger partial charge in [-0.1, -0.05) is 13.8 Å². The maximum Gasteiger partial charge on any atom is 0.284 e. The van der Waals surface area contributed by atoms with E-state index in [4.69, 9.17) is 4.74 Å². The van der Waals surface area contributed by atoms with Crippen LogP contribution in [0.15, 0.2) is 22.0 Å². The van der Waals surface area contributed by atoms with Gasteiger partial charge in [0, 0.05) is 10.9 Å². The molecule has 2 aromatic rings. The molecule has 0 saturated heterocycles. The molecule has 0 unspecified atom stereocenters. The van der Waals surface area contributed by atoms with Crippen molar-refractivity contribution < 1.29 is 14.3 Å². The third-order valence-electron chi connectivity index (χ3n) is 3.25. The normalized spacial score (nSPS) is 10.7. The van der Waals surface area contributed by atoms with Gasteiger partial charge in [0.15, 0.2) is 10.8 Å². The molecule has 7 heteroatoms. The molecule has 0 fully saturated rings. The maximum atomic E-state index is 12.4. The van der Waals surface area contributed by atoms with E-state index < -0.39 is 0 Å². The molecule has 1 heterocycles. The van der Waals surface area contributed by atoms with E-state index in [1.807, 2.05) is 19.2 Å². The molecule has 0 saturated carbocycles. The Balaban J connectivity index is 2.37. The highest BCUT2D eigenvalue weighted by Crippen LogP contribution is 2.36. The molecule has 2 rings (SSSR count). The van der Waals surface area contributed by atoms with Crippen LogP contribution in [0.3, 0.4) is 0 Å². The summed E-state index contributed by atoms with van der Waals surface area (Å²) in [7, 11) is 1.52. The highest BCUT2D eigenvalue weighted by molar-refractivity contribution is 9.10. The Labute approximate surface area is 147 Å². The fourth-order valence-electron chi connectivity index (χ4n) is 1.95. The van der Waals surface area contributed by atoms with Gasteiger partial charge in [0.25, 0.3) is 5.91 Å². The summed E-state index contributed by atoms with van der Waals surface area (Å²) >= 11 is 4.66. The Morgan fingerprint density at radius 2 is 2.04 bits per heavy atom. The number of carbonyl (C=O) groups is 2. The van der Waals surface area contributed by atoms with E-state index >= 15 is 0 Å². The number of ketones is 1. The molecular weight excluding hydrogens is 380 g/mol. The summed E-state index contributed by atoms with van der Waals surface area (Å²) in [4.78, 5) is 28.6. The molecule has 0 aliphatic heterocycles. The number of hydrogen-bond donors (Lipinski definition) is 1. The summed E-state index contributed by atoms with van der Waals surface area (Å²) in [5.41, 5.74) is 1.67. The van der Waals surface area contributed by atoms with Gasteiger partial charge < -0.3 is 10.1 Å². The number of hydrogen-bond acceptors (Lipinski definition) is 5. The van der Waals surface area contributed by atoms with Gasteiger partial charge in [-0.2, -0.15) is 0 Å². The molecule has 0 bridgehead atoms. The number of methoxy groups -OCH3 is 1. The van der Waals surface area contributed by atoms with E-state index in [1.165, 1.54) is 25.4 Å². The minimum atomic E-state index is -0.349. The zero-order valence-corrected chi connectivity index (χ0v) is 15.7. The number of halogens is 1. The van der Waals surface area contributed by atoms with Crippen molar-refractivity contribution in [3.63, 3.8) is 0 Å². The zero-order chi connectivity index (χ0) is 17.1. The van der Waals surface area contributed by atoms with Crippen molar-refractivity contribution in [3.8, 4) is 5.75 Å². The van der Waals surface area contributed by atoms with Crippen molar-refractivity contribution in [2.75, 3.05) is 12.4 Å². The van der Waals surface area contributed by atoms with Crippen LogP contribution in [0, 0.1) is 0 Å². The van der Waals surface area contributed by atoms with E-state index in [9.17, 15) is 9.59 Å². The minimum Gasteiger partial charge on any atom is -0.495 e. The number of nitrogens with one attached hydrogen (secondary N) is 1. The average molecular weight is 397 g/mol. The number of anilines is 1. The standard InChI is InChI=1S/C16H17BrN2O3S/c1-8(2)11-7-23-16(18-11)15(21)19-14-10(9(3)20)5-6-12(22-4)13(14)17/h5-8H,1-4H3,(H,19,21). The van der Waals surface area contributed by atoms with E-state index in [-0.39, 0.29) is 17.6 Å². The third-order valence-corrected chi connectivity index (χ3v) is 4.90. The first-order chi connectivity index (χ1) is 10.8. The van der Waals surface area contributed by atoms with Gasteiger partial charge >= 0.3 is 0 Å². The van der Waals surface area contributed by atoms with Crippen LogP contribution in [0.25, 0.3) is 0 Å². The van der Waals surface area contributed by atoms with Gasteiger partial charge in [0.05, 0.1) is 23.0 Å². The number of amides is 1. The molecule has 0 atom stereocenters. The molecule has 1 amide bonds. The number of carbonyl (C=O) groups excluding carboxylic acids is 2. The molecule has 1 N–H and O–H groups in total. The number of ether oxygens (including phenoxy) is 1. The van der Waals surface area contributed by atoms with E-state index in [0.717, 1.165) is 5.69 Å². The van der Waals surface area contributed by atoms with Gasteiger partial charge in [-0.05, 0) is 40.9 Å². The molecule has 5 nitrogen and oxygen atoms in total. The lowest BCUT2D eigenvalue weighted by Gasteiger charge is -2.13. The zero-order valence-electron chi connectivity index (χ0n) is 13.3. The van der Waals surface area contributed by atoms with E-state index in [0.29, 0.717) is 26.5 Å². The van der Waals surface area contributed by atoms with Gasteiger partial charge in [0.2, 0.25) is 0 Å². The van der Waals surface area contributed by atoms with E-state index in [2.05, 4.69) is 26.2 Å². The Hall–Kier alpha value is -1.73. The first kappa shape index (κ1) is 17.6. The fourth-order valence-corrected chi connectivity index (χ4v) is 3.43. The monoisotopic (exact) mass is 396 g/mol. The van der Waals surface area contributed by atoms with Gasteiger partial charge in [0.1, 0.15) is 5.75 Å². The van der Waals surface area contributed by atoms with Crippen LogP contribution in [0.5, 0.6) is 5.75 Å². The molecule has 0 aliphatic carbocycles. The lowest BCUT2D eigenvalue weighted by Crippen LogP contribution is -2.15. The number of nitrogens with zero attached hydrogens (tertiary/aromatic N) is 1. The third kappa shape index (κ3) is 3.79. The summed E-state index contributed by atoms with van der Waals surface area (Å²) in [6.07, 6.45) is 0. The second-order valence-electron chi connectivity index (χ2n) is 5.25. The maximum absolute atomic E-state index is 12.4. The van der Waals surface area contributed by atoms with Crippen LogP contribution in [-0.4, -0.2) is 23.8 Å².